The molecule has 21 heavy (non-hydrogen) atoms. The zero-order chi connectivity index (χ0) is 15.2. The molecule has 5 nitrogen and oxygen atoms in total. The molecule has 0 aliphatic carbocycles. The van der Waals surface area contributed by atoms with Gasteiger partial charge in [-0.05, 0) is 38.0 Å². The summed E-state index contributed by atoms with van der Waals surface area (Å²) in [5.74, 6) is 0.678. The van der Waals surface area contributed by atoms with Crippen molar-refractivity contribution in [3.63, 3.8) is 0 Å². The van der Waals surface area contributed by atoms with Crippen LogP contribution in [0.4, 0.5) is 4.79 Å². The lowest BCUT2D eigenvalue weighted by molar-refractivity contribution is 0.0832. The monoisotopic (exact) mass is 312 g/mol. The Labute approximate surface area is 129 Å². The Bertz CT molecular complexity index is 484. The van der Waals surface area contributed by atoms with Crippen LogP contribution in [0.3, 0.4) is 0 Å². The summed E-state index contributed by atoms with van der Waals surface area (Å²) in [6.07, 6.45) is 1.02. The van der Waals surface area contributed by atoms with Gasteiger partial charge in [0.05, 0.1) is 12.6 Å². The van der Waals surface area contributed by atoms with Crippen LogP contribution in [0.15, 0.2) is 24.3 Å². The van der Waals surface area contributed by atoms with E-state index in [9.17, 15) is 9.90 Å². The molecular weight excluding hydrogens is 292 g/mol. The molecule has 0 saturated carbocycles. The molecule has 0 aromatic heterocycles. The number of hydrogen-bond donors (Lipinski definition) is 2. The van der Waals surface area contributed by atoms with Gasteiger partial charge in [-0.15, -0.1) is 0 Å². The van der Waals surface area contributed by atoms with Crippen LogP contribution in [0.5, 0.6) is 5.75 Å². The van der Waals surface area contributed by atoms with Crippen molar-refractivity contribution in [1.82, 2.24) is 10.2 Å². The summed E-state index contributed by atoms with van der Waals surface area (Å²) in [5.41, 5.74) is 0. The van der Waals surface area contributed by atoms with E-state index in [1.807, 2.05) is 19.1 Å². The quantitative estimate of drug-likeness (QED) is 0.896. The third-order valence-corrected chi connectivity index (χ3v) is 3.59. The second-order valence-electron chi connectivity index (χ2n) is 5.31. The maximum atomic E-state index is 12.0. The predicted octanol–water partition coefficient (Wildman–Crippen LogP) is 2.27. The molecule has 1 fully saturated rings. The summed E-state index contributed by atoms with van der Waals surface area (Å²) < 4.78 is 5.69. The Morgan fingerprint density at radius 3 is 3.14 bits per heavy atom. The Morgan fingerprint density at radius 1 is 1.62 bits per heavy atom. The number of nitrogens with one attached hydrogen (secondary N) is 1. The van der Waals surface area contributed by atoms with E-state index < -0.39 is 6.10 Å². The predicted molar refractivity (Wildman–Crippen MR) is 81.8 cm³/mol. The summed E-state index contributed by atoms with van der Waals surface area (Å²) in [6.45, 7) is 3.37. The van der Waals surface area contributed by atoms with Crippen molar-refractivity contribution in [3.05, 3.63) is 29.3 Å². The minimum atomic E-state index is -0.412. The number of aliphatic hydroxyl groups excluding tert-OH is 1. The molecule has 116 valence electrons. The van der Waals surface area contributed by atoms with Gasteiger partial charge in [-0.3, -0.25) is 0 Å². The van der Waals surface area contributed by atoms with Crippen molar-refractivity contribution in [2.24, 2.45) is 0 Å². The average molecular weight is 313 g/mol. The lowest BCUT2D eigenvalue weighted by atomic mass is 10.1. The lowest BCUT2D eigenvalue weighted by Gasteiger charge is -2.30. The summed E-state index contributed by atoms with van der Waals surface area (Å²) in [6, 6.07) is 7.00. The van der Waals surface area contributed by atoms with Gasteiger partial charge < -0.3 is 20.1 Å². The number of amides is 2. The highest BCUT2D eigenvalue weighted by molar-refractivity contribution is 6.30. The molecule has 6 heteroatoms. The molecule has 2 rings (SSSR count). The van der Waals surface area contributed by atoms with E-state index in [-0.39, 0.29) is 12.1 Å². The minimum Gasteiger partial charge on any atom is -0.489 e. The summed E-state index contributed by atoms with van der Waals surface area (Å²) in [5, 5.41) is 13.0. The minimum absolute atomic E-state index is 0.157. The molecule has 2 amide bonds. The van der Waals surface area contributed by atoms with Crippen molar-refractivity contribution >= 4 is 17.6 Å². The number of urea groups is 1. The van der Waals surface area contributed by atoms with Crippen molar-refractivity contribution in [2.45, 2.75) is 32.0 Å². The van der Waals surface area contributed by atoms with E-state index in [4.69, 9.17) is 16.3 Å². The van der Waals surface area contributed by atoms with Crippen LogP contribution in [0.1, 0.15) is 19.8 Å². The lowest BCUT2D eigenvalue weighted by Crippen LogP contribution is -2.48. The largest absolute Gasteiger partial charge is 0.489 e. The maximum absolute atomic E-state index is 12.0. The topological polar surface area (TPSA) is 61.8 Å². The standard InChI is InChI=1S/C15H21ClN2O3/c1-11(21-14-6-2-4-12(16)8-14)9-17-15(20)18-7-3-5-13(19)10-18/h2,4,6,8,11,13,19H,3,5,7,9-10H2,1H3,(H,17,20)/t11-,13-/m1/s1. The number of ether oxygens (including phenoxy) is 1. The van der Waals surface area contributed by atoms with Gasteiger partial charge in [0, 0.05) is 18.1 Å². The van der Waals surface area contributed by atoms with Crippen molar-refractivity contribution < 1.29 is 14.6 Å². The number of halogens is 1. The molecule has 1 aliphatic rings. The highest BCUT2D eigenvalue weighted by atomic mass is 35.5. The van der Waals surface area contributed by atoms with Crippen LogP contribution in [0.2, 0.25) is 5.02 Å². The first-order valence-electron chi connectivity index (χ1n) is 7.17. The SMILES string of the molecule is C[C@H](CNC(=O)N1CCC[C@@H](O)C1)Oc1cccc(Cl)c1. The fourth-order valence-electron chi connectivity index (χ4n) is 2.30. The molecule has 0 bridgehead atoms. The van der Waals surface area contributed by atoms with Gasteiger partial charge >= 0.3 is 6.03 Å². The number of β-amino-alcohol motifs (C(OH)–C–C–N with tert-alkyl or cyclic N) is 1. The number of aliphatic hydroxyl groups is 1. The molecule has 2 atom stereocenters. The first-order chi connectivity index (χ1) is 10.0. The smallest absolute Gasteiger partial charge is 0.317 e. The van der Waals surface area contributed by atoms with Crippen molar-refractivity contribution in [2.75, 3.05) is 19.6 Å². The van der Waals surface area contributed by atoms with Crippen LogP contribution >= 0.6 is 11.6 Å². The number of likely N-dealkylation sites (tertiary alicyclic amines) is 1. The van der Waals surface area contributed by atoms with Crippen LogP contribution in [0, 0.1) is 0 Å². The Balaban J connectivity index is 1.75. The fourth-order valence-corrected chi connectivity index (χ4v) is 2.48. The third-order valence-electron chi connectivity index (χ3n) is 3.36. The first-order valence-corrected chi connectivity index (χ1v) is 7.55. The summed E-state index contributed by atoms with van der Waals surface area (Å²) in [4.78, 5) is 13.6. The van der Waals surface area contributed by atoms with E-state index in [0.717, 1.165) is 12.8 Å². The van der Waals surface area contributed by atoms with E-state index >= 15 is 0 Å². The molecule has 2 N–H and O–H groups in total. The van der Waals surface area contributed by atoms with Gasteiger partial charge in [0.2, 0.25) is 0 Å². The Kier molecular flexibility index (Phi) is 5.70. The highest BCUT2D eigenvalue weighted by Gasteiger charge is 2.22. The van der Waals surface area contributed by atoms with E-state index in [1.54, 1.807) is 17.0 Å². The number of carbonyl (C=O) groups excluding carboxylic acids is 1. The zero-order valence-electron chi connectivity index (χ0n) is 12.1. The number of benzene rings is 1. The van der Waals surface area contributed by atoms with E-state index in [1.165, 1.54) is 0 Å². The summed E-state index contributed by atoms with van der Waals surface area (Å²) in [7, 11) is 0. The molecule has 1 aliphatic heterocycles. The Morgan fingerprint density at radius 2 is 2.43 bits per heavy atom. The highest BCUT2D eigenvalue weighted by Crippen LogP contribution is 2.18. The number of piperidine rings is 1. The van der Waals surface area contributed by atoms with Crippen molar-refractivity contribution in [1.29, 1.82) is 0 Å². The van der Waals surface area contributed by atoms with Gasteiger partial charge in [0.25, 0.3) is 0 Å². The molecule has 0 radical (unpaired) electrons. The molecular formula is C15H21ClN2O3. The van der Waals surface area contributed by atoms with Crippen LogP contribution in [0.25, 0.3) is 0 Å². The van der Waals surface area contributed by atoms with Crippen LogP contribution in [-0.2, 0) is 0 Å². The van der Waals surface area contributed by atoms with Crippen molar-refractivity contribution in [3.8, 4) is 5.75 Å². The first kappa shape index (κ1) is 15.9. The second kappa shape index (κ2) is 7.52. The van der Waals surface area contributed by atoms with Crippen LogP contribution < -0.4 is 10.1 Å². The Hall–Kier alpha value is -1.46. The van der Waals surface area contributed by atoms with Gasteiger partial charge in [0.1, 0.15) is 11.9 Å². The van der Waals surface area contributed by atoms with Gasteiger partial charge in [-0.25, -0.2) is 4.79 Å². The zero-order valence-corrected chi connectivity index (χ0v) is 12.8. The molecule has 1 aromatic rings. The number of carbonyl (C=O) groups is 1. The van der Waals surface area contributed by atoms with Crippen LogP contribution in [-0.4, -0.2) is 47.9 Å². The molecule has 1 saturated heterocycles. The van der Waals surface area contributed by atoms with Gasteiger partial charge in [-0.1, -0.05) is 17.7 Å². The number of nitrogens with zero attached hydrogens (tertiary/aromatic N) is 1. The fraction of sp³-hybridized carbons (Fsp3) is 0.533. The molecule has 1 aromatic carbocycles. The number of rotatable bonds is 4. The number of hydrogen-bond acceptors (Lipinski definition) is 3. The van der Waals surface area contributed by atoms with Gasteiger partial charge in [-0.2, -0.15) is 0 Å². The van der Waals surface area contributed by atoms with E-state index in [0.29, 0.717) is 30.4 Å². The van der Waals surface area contributed by atoms with Gasteiger partial charge in [0.15, 0.2) is 0 Å². The molecule has 0 spiro atoms. The molecule has 1 heterocycles. The molecule has 0 unspecified atom stereocenters. The normalized spacial score (nSPS) is 20.0. The summed E-state index contributed by atoms with van der Waals surface area (Å²) >= 11 is 5.89. The second-order valence-corrected chi connectivity index (χ2v) is 5.75. The van der Waals surface area contributed by atoms with E-state index in [2.05, 4.69) is 5.32 Å². The average Bonchev–Trinajstić information content (AvgIpc) is 2.45. The third kappa shape index (κ3) is 5.10. The maximum Gasteiger partial charge on any atom is 0.317 e.